The van der Waals surface area contributed by atoms with Crippen LogP contribution < -0.4 is 0 Å². The van der Waals surface area contributed by atoms with E-state index < -0.39 is 0 Å². The first-order valence-corrected chi connectivity index (χ1v) is 10.5. The summed E-state index contributed by atoms with van der Waals surface area (Å²) in [5, 5.41) is 11.1. The molecule has 0 saturated heterocycles. The molecule has 0 amide bonds. The summed E-state index contributed by atoms with van der Waals surface area (Å²) < 4.78 is 0. The summed E-state index contributed by atoms with van der Waals surface area (Å²) in [6.45, 7) is 2.17. The van der Waals surface area contributed by atoms with Gasteiger partial charge in [0.15, 0.2) is 5.78 Å². The van der Waals surface area contributed by atoms with Gasteiger partial charge in [0.2, 0.25) is 0 Å². The Morgan fingerprint density at radius 3 is 2.92 bits per heavy atom. The fourth-order valence-electron chi connectivity index (χ4n) is 6.16. The van der Waals surface area contributed by atoms with Crippen LogP contribution in [0.15, 0.2) is 23.3 Å². The van der Waals surface area contributed by atoms with Crippen molar-refractivity contribution in [3.8, 4) is 5.40 Å². The molecule has 2 saturated carbocycles. The molecule has 4 atom stereocenters. The van der Waals surface area contributed by atoms with Crippen LogP contribution in [0.3, 0.4) is 0 Å². The van der Waals surface area contributed by atoms with Crippen molar-refractivity contribution in [1.82, 2.24) is 0 Å². The lowest BCUT2D eigenvalue weighted by atomic mass is 9.50. The van der Waals surface area contributed by atoms with Crippen molar-refractivity contribution >= 4 is 23.3 Å². The molecule has 4 aliphatic carbocycles. The molecule has 0 radical (unpaired) electrons. The first-order valence-electron chi connectivity index (χ1n) is 9.50. The summed E-state index contributed by atoms with van der Waals surface area (Å²) in [6, 6.07) is 0. The van der Waals surface area contributed by atoms with Gasteiger partial charge in [0.05, 0.1) is 0 Å². The Hall–Kier alpha value is -1.34. The van der Waals surface area contributed by atoms with E-state index in [2.05, 4.69) is 18.4 Å². The van der Waals surface area contributed by atoms with Crippen molar-refractivity contribution in [3.05, 3.63) is 23.3 Å². The SMILES string of the molecule is C[C@]12CC=C3C(CCC4=CC(=O)CC[C@@]43CCSC#N)C1CCC2=O. The first kappa shape index (κ1) is 17.1. The molecule has 3 nitrogen and oxygen atoms in total. The number of carbonyl (C=O) groups excluding carboxylic acids is 2. The third kappa shape index (κ3) is 2.46. The molecule has 0 heterocycles. The Morgan fingerprint density at radius 1 is 1.28 bits per heavy atom. The number of thioether (sulfide) groups is 1. The Kier molecular flexibility index (Phi) is 4.19. The van der Waals surface area contributed by atoms with Crippen LogP contribution in [0, 0.1) is 33.3 Å². The number of thiocyanates is 1. The van der Waals surface area contributed by atoms with Crippen molar-refractivity contribution in [2.45, 2.75) is 58.3 Å². The number of Topliss-reactive ketones (excluding diaryl/α,β-unsaturated/α-hetero) is 1. The quantitative estimate of drug-likeness (QED) is 0.422. The maximum atomic E-state index is 12.5. The summed E-state index contributed by atoms with van der Waals surface area (Å²) in [5.41, 5.74) is 2.63. The van der Waals surface area contributed by atoms with Gasteiger partial charge in [-0.05, 0) is 68.2 Å². The van der Waals surface area contributed by atoms with Crippen LogP contribution in [0.4, 0.5) is 0 Å². The number of hydrogen-bond donors (Lipinski definition) is 0. The van der Waals surface area contributed by atoms with Gasteiger partial charge in [-0.2, -0.15) is 5.26 Å². The van der Waals surface area contributed by atoms with Crippen molar-refractivity contribution in [2.24, 2.45) is 22.7 Å². The zero-order chi connectivity index (χ0) is 17.7. The molecular weight excluding hydrogens is 330 g/mol. The van der Waals surface area contributed by atoms with E-state index in [4.69, 9.17) is 5.26 Å². The summed E-state index contributed by atoms with van der Waals surface area (Å²) in [6.07, 6.45) is 11.4. The second-order valence-electron chi connectivity index (χ2n) is 8.40. The van der Waals surface area contributed by atoms with Gasteiger partial charge in [-0.1, -0.05) is 24.1 Å². The molecule has 0 bridgehead atoms. The average molecular weight is 356 g/mol. The number of ketones is 2. The van der Waals surface area contributed by atoms with E-state index >= 15 is 0 Å². The lowest BCUT2D eigenvalue weighted by Crippen LogP contribution is -2.45. The second-order valence-corrected chi connectivity index (χ2v) is 9.28. The Labute approximate surface area is 153 Å². The van der Waals surface area contributed by atoms with Crippen LogP contribution >= 0.6 is 11.8 Å². The third-order valence-corrected chi connectivity index (χ3v) is 8.03. The third-order valence-electron chi connectivity index (χ3n) is 7.49. The van der Waals surface area contributed by atoms with Crippen LogP contribution in [0.2, 0.25) is 0 Å². The average Bonchev–Trinajstić information content (AvgIpc) is 2.91. The number of rotatable bonds is 3. The van der Waals surface area contributed by atoms with E-state index in [-0.39, 0.29) is 16.6 Å². The van der Waals surface area contributed by atoms with Gasteiger partial charge in [0, 0.05) is 29.4 Å². The lowest BCUT2D eigenvalue weighted by Gasteiger charge is -2.53. The van der Waals surface area contributed by atoms with E-state index in [1.807, 2.05) is 6.08 Å². The molecule has 2 unspecified atom stereocenters. The normalized spacial score (nSPS) is 39.7. The molecule has 2 fully saturated rings. The van der Waals surface area contributed by atoms with Gasteiger partial charge in [-0.25, -0.2) is 0 Å². The van der Waals surface area contributed by atoms with E-state index in [0.29, 0.717) is 24.0 Å². The van der Waals surface area contributed by atoms with Crippen molar-refractivity contribution in [3.63, 3.8) is 0 Å². The van der Waals surface area contributed by atoms with E-state index in [1.54, 1.807) is 0 Å². The van der Waals surface area contributed by atoms with Crippen molar-refractivity contribution in [1.29, 1.82) is 5.26 Å². The summed E-state index contributed by atoms with van der Waals surface area (Å²) in [7, 11) is 0. The number of fused-ring (bicyclic) bond motifs is 5. The minimum atomic E-state index is -0.164. The van der Waals surface area contributed by atoms with E-state index in [1.165, 1.54) is 22.9 Å². The summed E-state index contributed by atoms with van der Waals surface area (Å²) in [5.74, 6) is 2.48. The van der Waals surface area contributed by atoms with E-state index in [9.17, 15) is 9.59 Å². The van der Waals surface area contributed by atoms with Crippen LogP contribution in [0.1, 0.15) is 58.3 Å². The molecule has 0 spiro atoms. The van der Waals surface area contributed by atoms with Crippen LogP contribution in [0.25, 0.3) is 0 Å². The van der Waals surface area contributed by atoms with Gasteiger partial charge in [0.25, 0.3) is 0 Å². The van der Waals surface area contributed by atoms with Crippen LogP contribution in [0.5, 0.6) is 0 Å². The number of hydrogen-bond acceptors (Lipinski definition) is 4. The largest absolute Gasteiger partial charge is 0.299 e. The van der Waals surface area contributed by atoms with E-state index in [0.717, 1.165) is 50.7 Å². The molecule has 4 aliphatic rings. The molecule has 4 rings (SSSR count). The number of allylic oxidation sites excluding steroid dienone is 4. The van der Waals surface area contributed by atoms with Gasteiger partial charge >= 0.3 is 0 Å². The fourth-order valence-corrected chi connectivity index (χ4v) is 6.70. The standard InChI is InChI=1S/C21H25NO2S/c1-20-8-7-18-16(17(20)4-5-19(20)24)3-2-14-12-15(23)6-9-21(14,18)10-11-25-13-22/h7,12,16-17H,2-6,8-11H2,1H3/t16?,17?,20-,21+/m0/s1. The maximum absolute atomic E-state index is 12.5. The molecule has 25 heavy (non-hydrogen) atoms. The minimum absolute atomic E-state index is 0.0202. The summed E-state index contributed by atoms with van der Waals surface area (Å²) >= 11 is 1.32. The Morgan fingerprint density at radius 2 is 2.12 bits per heavy atom. The summed E-state index contributed by atoms with van der Waals surface area (Å²) in [4.78, 5) is 24.5. The predicted molar refractivity (Wildman–Crippen MR) is 98.7 cm³/mol. The van der Waals surface area contributed by atoms with Gasteiger partial charge < -0.3 is 0 Å². The Bertz CT molecular complexity index is 731. The van der Waals surface area contributed by atoms with Gasteiger partial charge in [0.1, 0.15) is 11.2 Å². The molecule has 0 aromatic rings. The highest BCUT2D eigenvalue weighted by Gasteiger charge is 2.56. The number of nitrogens with zero attached hydrogens (tertiary/aromatic N) is 1. The number of nitriles is 1. The fraction of sp³-hybridized carbons (Fsp3) is 0.667. The van der Waals surface area contributed by atoms with Crippen molar-refractivity contribution < 1.29 is 9.59 Å². The van der Waals surface area contributed by atoms with Crippen LogP contribution in [-0.2, 0) is 9.59 Å². The number of carbonyl (C=O) groups is 2. The Balaban J connectivity index is 1.75. The molecule has 0 N–H and O–H groups in total. The molecule has 0 aliphatic heterocycles. The first-order chi connectivity index (χ1) is 12.0. The predicted octanol–water partition coefficient (Wildman–Crippen LogP) is 4.59. The monoisotopic (exact) mass is 355 g/mol. The molecule has 132 valence electrons. The highest BCUT2D eigenvalue weighted by Crippen LogP contribution is 2.63. The second kappa shape index (κ2) is 6.13. The molecule has 4 heteroatoms. The smallest absolute Gasteiger partial charge is 0.155 e. The minimum Gasteiger partial charge on any atom is -0.299 e. The van der Waals surface area contributed by atoms with Crippen molar-refractivity contribution in [2.75, 3.05) is 5.75 Å². The molecule has 0 aromatic heterocycles. The van der Waals surface area contributed by atoms with Crippen LogP contribution in [-0.4, -0.2) is 17.3 Å². The maximum Gasteiger partial charge on any atom is 0.155 e. The molecular formula is C21H25NO2S. The highest BCUT2D eigenvalue weighted by molar-refractivity contribution is 8.03. The van der Waals surface area contributed by atoms with Gasteiger partial charge in [-0.15, -0.1) is 0 Å². The zero-order valence-electron chi connectivity index (χ0n) is 14.8. The lowest BCUT2D eigenvalue weighted by molar-refractivity contribution is -0.127. The zero-order valence-corrected chi connectivity index (χ0v) is 15.7. The topological polar surface area (TPSA) is 57.9 Å². The highest BCUT2D eigenvalue weighted by atomic mass is 32.2. The molecule has 0 aromatic carbocycles. The van der Waals surface area contributed by atoms with Gasteiger partial charge in [-0.3, -0.25) is 9.59 Å².